The first-order chi connectivity index (χ1) is 19.6. The van der Waals surface area contributed by atoms with Crippen LogP contribution in [0.2, 0.25) is 0 Å². The van der Waals surface area contributed by atoms with Gasteiger partial charge in [0.2, 0.25) is 16.4 Å². The zero-order valence-electron chi connectivity index (χ0n) is 23.9. The quantitative estimate of drug-likeness (QED) is 0.301. The Morgan fingerprint density at radius 3 is 2.24 bits per heavy atom. The lowest BCUT2D eigenvalue weighted by Gasteiger charge is -2.26. The normalized spacial score (nSPS) is 13.7. The molecule has 1 N–H and O–H groups in total. The van der Waals surface area contributed by atoms with E-state index in [1.165, 1.54) is 9.21 Å². The van der Waals surface area contributed by atoms with Crippen LogP contribution in [-0.4, -0.2) is 62.1 Å². The largest absolute Gasteiger partial charge is 0.351 e. The number of anilines is 1. The van der Waals surface area contributed by atoms with Gasteiger partial charge in [0.1, 0.15) is 0 Å². The van der Waals surface area contributed by atoms with Gasteiger partial charge in [-0.25, -0.2) is 13.4 Å². The van der Waals surface area contributed by atoms with Crippen LogP contribution in [0.15, 0.2) is 77.7 Å². The Hall–Kier alpha value is -4.08. The lowest BCUT2D eigenvalue weighted by atomic mass is 10.0. The molecule has 0 spiro atoms. The molecule has 2 heterocycles. The maximum Gasteiger partial charge on any atom is 0.256 e. The maximum absolute atomic E-state index is 13.6. The molecular weight excluding hydrogens is 536 g/mol. The van der Waals surface area contributed by atoms with E-state index in [9.17, 15) is 18.0 Å². The van der Waals surface area contributed by atoms with Gasteiger partial charge in [-0.15, -0.1) is 0 Å². The molecule has 1 saturated heterocycles. The molecule has 0 bridgehead atoms. The van der Waals surface area contributed by atoms with Gasteiger partial charge in [0.15, 0.2) is 0 Å². The van der Waals surface area contributed by atoms with E-state index in [2.05, 4.69) is 5.32 Å². The fourth-order valence-electron chi connectivity index (χ4n) is 4.58. The number of nitrogens with zero attached hydrogens (tertiary/aromatic N) is 3. The zero-order chi connectivity index (χ0) is 29.6. The summed E-state index contributed by atoms with van der Waals surface area (Å²) in [6, 6.07) is 22.3. The molecule has 1 fully saturated rings. The number of fused-ring (bicyclic) bond motifs is 1. The number of aryl methyl sites for hydroxylation is 2. The number of pyridine rings is 1. The van der Waals surface area contributed by atoms with Crippen LogP contribution in [0.4, 0.5) is 5.69 Å². The lowest BCUT2D eigenvalue weighted by Crippen LogP contribution is -2.35. The highest BCUT2D eigenvalue weighted by Gasteiger charge is 2.26. The summed E-state index contributed by atoms with van der Waals surface area (Å²) in [7, 11) is -0.236. The fourth-order valence-corrected chi connectivity index (χ4v) is 6.12. The third-order valence-corrected chi connectivity index (χ3v) is 8.82. The monoisotopic (exact) mass is 572 g/mol. The minimum atomic E-state index is -3.61. The van der Waals surface area contributed by atoms with Crippen molar-refractivity contribution in [1.82, 2.24) is 14.2 Å². The van der Waals surface area contributed by atoms with E-state index < -0.39 is 10.0 Å². The van der Waals surface area contributed by atoms with Gasteiger partial charge in [0.25, 0.3) is 5.91 Å². The predicted molar refractivity (Wildman–Crippen MR) is 163 cm³/mol. The summed E-state index contributed by atoms with van der Waals surface area (Å²) in [4.78, 5) is 29.4. The molecule has 0 saturated carbocycles. The number of carbonyl (C=O) groups is 2. The van der Waals surface area contributed by atoms with Crippen LogP contribution in [0.5, 0.6) is 0 Å². The van der Waals surface area contributed by atoms with E-state index in [1.807, 2.05) is 62.4 Å². The number of rotatable bonds is 6. The average molecular weight is 573 g/mol. The number of sulfonamides is 1. The third-order valence-electron chi connectivity index (χ3n) is 6.93. The first-order valence-electron chi connectivity index (χ1n) is 13.6. The summed E-state index contributed by atoms with van der Waals surface area (Å²) in [6.45, 7) is 4.94. The number of carbonyl (C=O) groups excluding carboxylic acids is 2. The minimum Gasteiger partial charge on any atom is -0.351 e. The van der Waals surface area contributed by atoms with E-state index in [1.54, 1.807) is 38.4 Å². The molecule has 2 amide bonds. The molecule has 9 heteroatoms. The lowest BCUT2D eigenvalue weighted by molar-refractivity contribution is -0.115. The Kier molecular flexibility index (Phi) is 9.52. The van der Waals surface area contributed by atoms with Gasteiger partial charge in [-0.3, -0.25) is 9.59 Å². The summed E-state index contributed by atoms with van der Waals surface area (Å²) in [6.07, 6.45) is 3.53. The second kappa shape index (κ2) is 13.1. The van der Waals surface area contributed by atoms with E-state index in [-0.39, 0.29) is 10.8 Å². The maximum atomic E-state index is 13.6. The highest BCUT2D eigenvalue weighted by Crippen LogP contribution is 2.28. The Bertz CT molecular complexity index is 1640. The number of benzene rings is 3. The van der Waals surface area contributed by atoms with E-state index in [4.69, 9.17) is 4.98 Å². The Morgan fingerprint density at radius 1 is 0.927 bits per heavy atom. The topological polar surface area (TPSA) is 99.7 Å². The van der Waals surface area contributed by atoms with Crippen molar-refractivity contribution in [3.05, 3.63) is 89.5 Å². The van der Waals surface area contributed by atoms with Crippen LogP contribution >= 0.6 is 0 Å². The summed E-state index contributed by atoms with van der Waals surface area (Å²) in [5, 5.41) is 3.71. The van der Waals surface area contributed by atoms with Crippen molar-refractivity contribution in [1.29, 1.82) is 0 Å². The number of amides is 2. The summed E-state index contributed by atoms with van der Waals surface area (Å²) in [5.41, 5.74) is 5.25. The fraction of sp³-hybridized carbons (Fsp3) is 0.281. The van der Waals surface area contributed by atoms with Gasteiger partial charge < -0.3 is 10.2 Å². The standard InChI is InChI=1S/C29H29N3O3S.C3H7NO/c1-20-10-13-22(14-11-20)28-19-25(24-8-4-5-9-26(24)30-28)29(33)31-27-18-23(15-12-21(27)2)36(34,35)32-16-6-3-7-17-32;1-4(2)3-5/h4-5,8-15,18-19H,3,6-7,16-17H2,1-2H3,(H,31,33);3H,1-2H3. The van der Waals surface area contributed by atoms with Crippen LogP contribution < -0.4 is 5.32 Å². The molecule has 1 aliphatic rings. The van der Waals surface area contributed by atoms with Crippen molar-refractivity contribution in [2.75, 3.05) is 32.5 Å². The molecule has 1 aromatic heterocycles. The van der Waals surface area contributed by atoms with Crippen LogP contribution in [0.1, 0.15) is 40.7 Å². The Labute approximate surface area is 242 Å². The molecule has 4 aromatic rings. The number of piperidine rings is 1. The molecule has 3 aromatic carbocycles. The highest BCUT2D eigenvalue weighted by molar-refractivity contribution is 7.89. The number of para-hydroxylation sites is 1. The number of aromatic nitrogens is 1. The third kappa shape index (κ3) is 7.17. The van der Waals surface area contributed by atoms with Crippen molar-refractivity contribution < 1.29 is 18.0 Å². The van der Waals surface area contributed by atoms with Gasteiger partial charge in [-0.05, 0) is 56.5 Å². The second-order valence-electron chi connectivity index (χ2n) is 10.4. The smallest absolute Gasteiger partial charge is 0.256 e. The van der Waals surface area contributed by atoms with Crippen LogP contribution in [0.3, 0.4) is 0 Å². The molecule has 0 aliphatic carbocycles. The average Bonchev–Trinajstić information content (AvgIpc) is 2.98. The summed E-state index contributed by atoms with van der Waals surface area (Å²) >= 11 is 0. The van der Waals surface area contributed by atoms with Crippen molar-refractivity contribution in [2.45, 2.75) is 38.0 Å². The molecule has 214 valence electrons. The first-order valence-corrected chi connectivity index (χ1v) is 15.0. The molecular formula is C32H36N4O4S. The van der Waals surface area contributed by atoms with Gasteiger partial charge in [0.05, 0.1) is 21.7 Å². The van der Waals surface area contributed by atoms with E-state index in [0.717, 1.165) is 53.3 Å². The summed E-state index contributed by atoms with van der Waals surface area (Å²) in [5.74, 6) is -0.308. The van der Waals surface area contributed by atoms with Gasteiger partial charge in [-0.2, -0.15) is 4.31 Å². The van der Waals surface area contributed by atoms with Crippen molar-refractivity contribution in [2.24, 2.45) is 0 Å². The molecule has 0 radical (unpaired) electrons. The SMILES string of the molecule is CN(C)C=O.Cc1ccc(-c2cc(C(=O)Nc3cc(S(=O)(=O)N4CCCCC4)ccc3C)c3ccccc3n2)cc1. The number of hydrogen-bond donors (Lipinski definition) is 1. The Morgan fingerprint density at radius 2 is 1.59 bits per heavy atom. The zero-order valence-corrected chi connectivity index (χ0v) is 24.7. The second-order valence-corrected chi connectivity index (χ2v) is 12.3. The van der Waals surface area contributed by atoms with Crippen molar-refractivity contribution >= 4 is 38.9 Å². The van der Waals surface area contributed by atoms with Crippen molar-refractivity contribution in [3.8, 4) is 11.3 Å². The molecule has 5 rings (SSSR count). The molecule has 8 nitrogen and oxygen atoms in total. The summed E-state index contributed by atoms with van der Waals surface area (Å²) < 4.78 is 28.0. The van der Waals surface area contributed by atoms with Gasteiger partial charge >= 0.3 is 0 Å². The minimum absolute atomic E-state index is 0.199. The van der Waals surface area contributed by atoms with Gasteiger partial charge in [0, 0.05) is 43.8 Å². The van der Waals surface area contributed by atoms with Crippen LogP contribution in [0.25, 0.3) is 22.2 Å². The number of hydrogen-bond acceptors (Lipinski definition) is 5. The predicted octanol–water partition coefficient (Wildman–Crippen LogP) is 5.65. The van der Waals surface area contributed by atoms with E-state index in [0.29, 0.717) is 30.0 Å². The highest BCUT2D eigenvalue weighted by atomic mass is 32.2. The van der Waals surface area contributed by atoms with Crippen molar-refractivity contribution in [3.63, 3.8) is 0 Å². The van der Waals surface area contributed by atoms with Crippen LogP contribution in [0, 0.1) is 13.8 Å². The van der Waals surface area contributed by atoms with Crippen LogP contribution in [-0.2, 0) is 14.8 Å². The molecule has 41 heavy (non-hydrogen) atoms. The molecule has 1 aliphatic heterocycles. The molecule has 0 unspecified atom stereocenters. The Balaban J connectivity index is 0.000000714. The first kappa shape index (κ1) is 29.9. The van der Waals surface area contributed by atoms with E-state index >= 15 is 0 Å². The number of nitrogens with one attached hydrogen (secondary N) is 1. The van der Waals surface area contributed by atoms with Gasteiger partial charge in [-0.1, -0.05) is 60.5 Å². The molecule has 0 atom stereocenters.